The molecule has 0 radical (unpaired) electrons. The standard InChI is InChI=1S/C16H26N2O3/c1-5-17-11-15-16(18(2)6-7-21-15)12-8-13(19-3)10-14(9-12)20-4/h8-10,15-17H,5-7,11H2,1-4H3. The Bertz CT molecular complexity index is 431. The molecule has 1 aliphatic heterocycles. The molecule has 1 aromatic rings. The van der Waals surface area contributed by atoms with E-state index in [2.05, 4.69) is 36.3 Å². The van der Waals surface area contributed by atoms with Crippen LogP contribution >= 0.6 is 0 Å². The number of ether oxygens (including phenoxy) is 3. The first-order valence-electron chi connectivity index (χ1n) is 7.45. The van der Waals surface area contributed by atoms with Crippen molar-refractivity contribution in [1.29, 1.82) is 0 Å². The lowest BCUT2D eigenvalue weighted by molar-refractivity contribution is -0.0612. The van der Waals surface area contributed by atoms with Gasteiger partial charge in [-0.05, 0) is 31.3 Å². The molecule has 0 bridgehead atoms. The Labute approximate surface area is 127 Å². The highest BCUT2D eigenvalue weighted by molar-refractivity contribution is 5.40. The molecular weight excluding hydrogens is 268 g/mol. The number of nitrogens with one attached hydrogen (secondary N) is 1. The Morgan fingerprint density at radius 1 is 1.24 bits per heavy atom. The van der Waals surface area contributed by atoms with E-state index < -0.39 is 0 Å². The molecule has 1 saturated heterocycles. The van der Waals surface area contributed by atoms with Crippen LogP contribution in [0.3, 0.4) is 0 Å². The number of morpholine rings is 1. The first-order valence-corrected chi connectivity index (χ1v) is 7.45. The molecule has 2 unspecified atom stereocenters. The minimum Gasteiger partial charge on any atom is -0.497 e. The van der Waals surface area contributed by atoms with Gasteiger partial charge in [-0.3, -0.25) is 4.90 Å². The van der Waals surface area contributed by atoms with Gasteiger partial charge in [0.15, 0.2) is 0 Å². The Balaban J connectivity index is 2.29. The average molecular weight is 294 g/mol. The normalized spacial score (nSPS) is 23.0. The van der Waals surface area contributed by atoms with Crippen molar-refractivity contribution in [3.63, 3.8) is 0 Å². The molecule has 1 aliphatic rings. The minimum atomic E-state index is 0.125. The summed E-state index contributed by atoms with van der Waals surface area (Å²) >= 11 is 0. The highest BCUT2D eigenvalue weighted by atomic mass is 16.5. The molecule has 118 valence electrons. The zero-order chi connectivity index (χ0) is 15.2. The van der Waals surface area contributed by atoms with Crippen LogP contribution in [0.4, 0.5) is 0 Å². The lowest BCUT2D eigenvalue weighted by atomic mass is 9.97. The van der Waals surface area contributed by atoms with E-state index in [-0.39, 0.29) is 12.1 Å². The summed E-state index contributed by atoms with van der Waals surface area (Å²) in [5.74, 6) is 1.62. The Kier molecular flexibility index (Phi) is 5.85. The second kappa shape index (κ2) is 7.64. The van der Waals surface area contributed by atoms with Crippen LogP contribution in [0, 0.1) is 0 Å². The molecule has 5 heteroatoms. The van der Waals surface area contributed by atoms with Crippen molar-refractivity contribution in [2.45, 2.75) is 19.1 Å². The smallest absolute Gasteiger partial charge is 0.122 e. The summed E-state index contributed by atoms with van der Waals surface area (Å²) in [6.07, 6.45) is 0.125. The van der Waals surface area contributed by atoms with Crippen LogP contribution in [0.5, 0.6) is 11.5 Å². The third-order valence-corrected chi connectivity index (χ3v) is 3.91. The SMILES string of the molecule is CCNCC1OCCN(C)C1c1cc(OC)cc(OC)c1. The van der Waals surface area contributed by atoms with Crippen molar-refractivity contribution >= 4 is 0 Å². The minimum absolute atomic E-state index is 0.125. The van der Waals surface area contributed by atoms with E-state index in [4.69, 9.17) is 14.2 Å². The lowest BCUT2D eigenvalue weighted by Gasteiger charge is -2.39. The third kappa shape index (κ3) is 3.87. The summed E-state index contributed by atoms with van der Waals surface area (Å²) in [6.45, 7) is 5.58. The highest BCUT2D eigenvalue weighted by Crippen LogP contribution is 2.33. The molecule has 1 N–H and O–H groups in total. The van der Waals surface area contributed by atoms with Gasteiger partial charge in [-0.2, -0.15) is 0 Å². The Hall–Kier alpha value is -1.30. The number of hydrogen-bond donors (Lipinski definition) is 1. The molecule has 0 saturated carbocycles. The highest BCUT2D eigenvalue weighted by Gasteiger charge is 2.31. The number of nitrogens with zero attached hydrogens (tertiary/aromatic N) is 1. The van der Waals surface area contributed by atoms with Crippen molar-refractivity contribution in [3.8, 4) is 11.5 Å². The molecule has 2 atom stereocenters. The number of rotatable bonds is 6. The number of likely N-dealkylation sites (N-methyl/N-ethyl adjacent to an activating group) is 2. The monoisotopic (exact) mass is 294 g/mol. The van der Waals surface area contributed by atoms with Gasteiger partial charge in [-0.1, -0.05) is 6.92 Å². The summed E-state index contributed by atoms with van der Waals surface area (Å²) < 4.78 is 16.7. The maximum atomic E-state index is 5.98. The van der Waals surface area contributed by atoms with Gasteiger partial charge in [0.05, 0.1) is 33.0 Å². The molecule has 1 heterocycles. The third-order valence-electron chi connectivity index (χ3n) is 3.91. The van der Waals surface area contributed by atoms with Crippen molar-refractivity contribution < 1.29 is 14.2 Å². The fourth-order valence-corrected chi connectivity index (χ4v) is 2.79. The van der Waals surface area contributed by atoms with Crippen molar-refractivity contribution in [1.82, 2.24) is 10.2 Å². The first-order chi connectivity index (χ1) is 10.2. The largest absolute Gasteiger partial charge is 0.497 e. The first kappa shape index (κ1) is 16.1. The van der Waals surface area contributed by atoms with Crippen LogP contribution in [0.1, 0.15) is 18.5 Å². The van der Waals surface area contributed by atoms with Crippen molar-refractivity contribution in [2.75, 3.05) is 47.5 Å². The zero-order valence-electron chi connectivity index (χ0n) is 13.4. The molecule has 1 aromatic carbocycles. The molecule has 2 rings (SSSR count). The van der Waals surface area contributed by atoms with Gasteiger partial charge in [0.25, 0.3) is 0 Å². The summed E-state index contributed by atoms with van der Waals surface area (Å²) in [6, 6.07) is 6.22. The van der Waals surface area contributed by atoms with E-state index in [1.807, 2.05) is 6.07 Å². The van der Waals surface area contributed by atoms with Gasteiger partial charge < -0.3 is 19.5 Å². The summed E-state index contributed by atoms with van der Waals surface area (Å²) in [4.78, 5) is 2.33. The van der Waals surface area contributed by atoms with Crippen molar-refractivity contribution in [3.05, 3.63) is 23.8 Å². The van der Waals surface area contributed by atoms with Gasteiger partial charge in [-0.25, -0.2) is 0 Å². The fraction of sp³-hybridized carbons (Fsp3) is 0.625. The van der Waals surface area contributed by atoms with E-state index in [1.165, 1.54) is 0 Å². The number of hydrogen-bond acceptors (Lipinski definition) is 5. The van der Waals surface area contributed by atoms with Gasteiger partial charge in [0.2, 0.25) is 0 Å². The van der Waals surface area contributed by atoms with E-state index in [1.54, 1.807) is 14.2 Å². The van der Waals surface area contributed by atoms with E-state index in [9.17, 15) is 0 Å². The van der Waals surface area contributed by atoms with E-state index in [0.29, 0.717) is 0 Å². The molecule has 1 fully saturated rings. The maximum absolute atomic E-state index is 5.98. The van der Waals surface area contributed by atoms with Gasteiger partial charge in [0, 0.05) is 19.2 Å². The molecule has 0 spiro atoms. The molecular formula is C16H26N2O3. The van der Waals surface area contributed by atoms with E-state index in [0.717, 1.165) is 43.3 Å². The molecule has 5 nitrogen and oxygen atoms in total. The average Bonchev–Trinajstić information content (AvgIpc) is 2.52. The quantitative estimate of drug-likeness (QED) is 0.865. The second-order valence-corrected chi connectivity index (χ2v) is 5.29. The lowest BCUT2D eigenvalue weighted by Crippen LogP contribution is -2.47. The molecule has 21 heavy (non-hydrogen) atoms. The molecule has 0 aromatic heterocycles. The number of benzene rings is 1. The van der Waals surface area contributed by atoms with E-state index >= 15 is 0 Å². The topological polar surface area (TPSA) is 43.0 Å². The molecule has 0 aliphatic carbocycles. The van der Waals surface area contributed by atoms with Crippen LogP contribution < -0.4 is 14.8 Å². The summed E-state index contributed by atoms with van der Waals surface area (Å²) in [5, 5.41) is 3.38. The van der Waals surface area contributed by atoms with Gasteiger partial charge in [0.1, 0.15) is 11.5 Å². The van der Waals surface area contributed by atoms with Crippen LogP contribution in [0.15, 0.2) is 18.2 Å². The van der Waals surface area contributed by atoms with Gasteiger partial charge >= 0.3 is 0 Å². The predicted molar refractivity (Wildman–Crippen MR) is 83.2 cm³/mol. The van der Waals surface area contributed by atoms with Crippen LogP contribution in [0.2, 0.25) is 0 Å². The summed E-state index contributed by atoms with van der Waals surface area (Å²) in [7, 11) is 5.49. The second-order valence-electron chi connectivity index (χ2n) is 5.29. The number of methoxy groups -OCH3 is 2. The fourth-order valence-electron chi connectivity index (χ4n) is 2.79. The van der Waals surface area contributed by atoms with Crippen LogP contribution in [-0.4, -0.2) is 58.5 Å². The predicted octanol–water partition coefficient (Wildman–Crippen LogP) is 1.68. The van der Waals surface area contributed by atoms with Crippen molar-refractivity contribution in [2.24, 2.45) is 0 Å². The maximum Gasteiger partial charge on any atom is 0.122 e. The van der Waals surface area contributed by atoms with Gasteiger partial charge in [-0.15, -0.1) is 0 Å². The Morgan fingerprint density at radius 2 is 1.90 bits per heavy atom. The Morgan fingerprint density at radius 3 is 2.48 bits per heavy atom. The zero-order valence-corrected chi connectivity index (χ0v) is 13.4. The van der Waals surface area contributed by atoms with Crippen LogP contribution in [-0.2, 0) is 4.74 Å². The molecule has 0 amide bonds. The van der Waals surface area contributed by atoms with Crippen LogP contribution in [0.25, 0.3) is 0 Å². The summed E-state index contributed by atoms with van der Waals surface area (Å²) in [5.41, 5.74) is 1.16.